The van der Waals surface area contributed by atoms with E-state index in [0.717, 1.165) is 22.6 Å². The standard InChI is InChI=1S/C14H17N3O3S2/c18-11(15-5-6-21)8-17-12(19)14(9-3-4-9,16-13(17)20)10-2-1-7-22-10/h1-2,7,9,21H,3-6,8H2,(H,15,18)(H,16,20). The molecule has 1 aromatic rings. The lowest BCUT2D eigenvalue weighted by molar-refractivity contribution is -0.135. The molecule has 3 rings (SSSR count). The van der Waals surface area contributed by atoms with Gasteiger partial charge < -0.3 is 10.6 Å². The van der Waals surface area contributed by atoms with Gasteiger partial charge in [0, 0.05) is 17.2 Å². The maximum Gasteiger partial charge on any atom is 0.325 e. The van der Waals surface area contributed by atoms with E-state index in [1.54, 1.807) is 0 Å². The van der Waals surface area contributed by atoms with Crippen LogP contribution in [0, 0.1) is 5.92 Å². The number of rotatable bonds is 6. The maximum absolute atomic E-state index is 12.9. The second-order valence-corrected chi connectivity index (χ2v) is 6.85. The first-order valence-corrected chi connectivity index (χ1v) is 8.66. The van der Waals surface area contributed by atoms with Crippen LogP contribution in [0.4, 0.5) is 4.79 Å². The minimum absolute atomic E-state index is 0.119. The predicted octanol–water partition coefficient (Wildman–Crippen LogP) is 0.951. The minimum Gasteiger partial charge on any atom is -0.354 e. The van der Waals surface area contributed by atoms with Crippen molar-refractivity contribution in [1.82, 2.24) is 15.5 Å². The normalized spacial score (nSPS) is 24.5. The zero-order valence-corrected chi connectivity index (χ0v) is 13.6. The van der Waals surface area contributed by atoms with Gasteiger partial charge in [0.05, 0.1) is 0 Å². The van der Waals surface area contributed by atoms with Crippen LogP contribution >= 0.6 is 24.0 Å². The van der Waals surface area contributed by atoms with Crippen LogP contribution in [-0.4, -0.2) is 41.6 Å². The first-order chi connectivity index (χ1) is 10.6. The van der Waals surface area contributed by atoms with E-state index in [4.69, 9.17) is 0 Å². The molecule has 4 amide bonds. The average molecular weight is 339 g/mol. The largest absolute Gasteiger partial charge is 0.354 e. The SMILES string of the molecule is O=C(CN1C(=O)NC(c2cccs2)(C2CC2)C1=O)NCCS. The van der Waals surface area contributed by atoms with Gasteiger partial charge in [-0.2, -0.15) is 12.6 Å². The molecular formula is C14H17N3O3S2. The quantitative estimate of drug-likeness (QED) is 0.533. The average Bonchev–Trinajstić information content (AvgIpc) is 3.15. The van der Waals surface area contributed by atoms with Gasteiger partial charge in [0.15, 0.2) is 5.54 Å². The number of amides is 4. The minimum atomic E-state index is -0.977. The molecule has 2 fully saturated rings. The van der Waals surface area contributed by atoms with E-state index in [1.165, 1.54) is 11.3 Å². The molecule has 0 aromatic carbocycles. The number of hydrogen-bond acceptors (Lipinski definition) is 5. The fourth-order valence-corrected chi connectivity index (χ4v) is 3.86. The predicted molar refractivity (Wildman–Crippen MR) is 85.8 cm³/mol. The highest BCUT2D eigenvalue weighted by Crippen LogP contribution is 2.50. The molecular weight excluding hydrogens is 322 g/mol. The number of thiophene rings is 1. The molecule has 0 radical (unpaired) electrons. The summed E-state index contributed by atoms with van der Waals surface area (Å²) in [7, 11) is 0. The van der Waals surface area contributed by atoms with E-state index in [-0.39, 0.29) is 24.3 Å². The number of nitrogens with zero attached hydrogens (tertiary/aromatic N) is 1. The van der Waals surface area contributed by atoms with Crippen molar-refractivity contribution in [3.05, 3.63) is 22.4 Å². The van der Waals surface area contributed by atoms with Crippen LogP contribution in [0.25, 0.3) is 0 Å². The summed E-state index contributed by atoms with van der Waals surface area (Å²) in [5, 5.41) is 7.36. The van der Waals surface area contributed by atoms with Gasteiger partial charge in [-0.25, -0.2) is 4.79 Å². The van der Waals surface area contributed by atoms with Crippen molar-refractivity contribution in [2.24, 2.45) is 5.92 Å². The summed E-state index contributed by atoms with van der Waals surface area (Å²) in [6.45, 7) is 0.155. The Labute approximate surface area is 137 Å². The molecule has 0 spiro atoms. The maximum atomic E-state index is 12.9. The number of carbonyl (C=O) groups excluding carboxylic acids is 3. The van der Waals surface area contributed by atoms with Crippen LogP contribution in [0.5, 0.6) is 0 Å². The third kappa shape index (κ3) is 2.50. The van der Waals surface area contributed by atoms with Gasteiger partial charge in [-0.15, -0.1) is 11.3 Å². The molecule has 1 aromatic heterocycles. The van der Waals surface area contributed by atoms with Crippen molar-refractivity contribution in [2.45, 2.75) is 18.4 Å². The van der Waals surface area contributed by atoms with E-state index in [0.29, 0.717) is 12.3 Å². The molecule has 22 heavy (non-hydrogen) atoms. The second-order valence-electron chi connectivity index (χ2n) is 5.45. The van der Waals surface area contributed by atoms with Crippen LogP contribution in [-0.2, 0) is 15.1 Å². The fourth-order valence-electron chi connectivity index (χ4n) is 2.80. The second kappa shape index (κ2) is 5.92. The molecule has 6 nitrogen and oxygen atoms in total. The molecule has 118 valence electrons. The molecule has 2 N–H and O–H groups in total. The third-order valence-electron chi connectivity index (χ3n) is 3.97. The zero-order chi connectivity index (χ0) is 15.7. The molecule has 1 unspecified atom stereocenters. The van der Waals surface area contributed by atoms with Crippen molar-refractivity contribution < 1.29 is 14.4 Å². The van der Waals surface area contributed by atoms with E-state index in [1.807, 2.05) is 17.5 Å². The topological polar surface area (TPSA) is 78.5 Å². The third-order valence-corrected chi connectivity index (χ3v) is 5.20. The van der Waals surface area contributed by atoms with Gasteiger partial charge in [0.1, 0.15) is 6.54 Å². The van der Waals surface area contributed by atoms with Crippen LogP contribution in [0.15, 0.2) is 17.5 Å². The molecule has 2 heterocycles. The highest BCUT2D eigenvalue weighted by Gasteiger charge is 2.60. The summed E-state index contributed by atoms with van der Waals surface area (Å²) in [6.07, 6.45) is 1.81. The van der Waals surface area contributed by atoms with Gasteiger partial charge >= 0.3 is 6.03 Å². The highest BCUT2D eigenvalue weighted by atomic mass is 32.1. The summed E-state index contributed by atoms with van der Waals surface area (Å²) in [4.78, 5) is 38.8. The first-order valence-electron chi connectivity index (χ1n) is 7.15. The van der Waals surface area contributed by atoms with E-state index < -0.39 is 11.6 Å². The lowest BCUT2D eigenvalue weighted by atomic mass is 9.91. The van der Waals surface area contributed by atoms with Crippen LogP contribution in [0.3, 0.4) is 0 Å². The summed E-state index contributed by atoms with van der Waals surface area (Å²) in [5.41, 5.74) is -0.977. The number of carbonyl (C=O) groups is 3. The number of hydrogen-bond donors (Lipinski definition) is 3. The van der Waals surface area contributed by atoms with Crippen molar-refractivity contribution in [1.29, 1.82) is 0 Å². The molecule has 2 aliphatic rings. The molecule has 8 heteroatoms. The van der Waals surface area contributed by atoms with Crippen molar-refractivity contribution >= 4 is 41.8 Å². The molecule has 0 bridgehead atoms. The summed E-state index contributed by atoms with van der Waals surface area (Å²) < 4.78 is 0. The summed E-state index contributed by atoms with van der Waals surface area (Å²) in [6, 6.07) is 3.24. The lowest BCUT2D eigenvalue weighted by Crippen LogP contribution is -2.46. The Morgan fingerprint density at radius 1 is 1.50 bits per heavy atom. The van der Waals surface area contributed by atoms with Gasteiger partial charge in [0.25, 0.3) is 5.91 Å². The summed E-state index contributed by atoms with van der Waals surface area (Å²) >= 11 is 5.46. The molecule has 1 aliphatic heterocycles. The number of nitrogens with one attached hydrogen (secondary N) is 2. The Morgan fingerprint density at radius 2 is 2.27 bits per heavy atom. The Balaban J connectivity index is 1.82. The van der Waals surface area contributed by atoms with Crippen molar-refractivity contribution in [3.8, 4) is 0 Å². The number of urea groups is 1. The van der Waals surface area contributed by atoms with Gasteiger partial charge in [-0.05, 0) is 30.2 Å². The zero-order valence-electron chi connectivity index (χ0n) is 11.9. The van der Waals surface area contributed by atoms with Gasteiger partial charge in [-0.1, -0.05) is 6.07 Å². The number of thiol groups is 1. The molecule has 1 saturated carbocycles. The van der Waals surface area contributed by atoms with E-state index in [2.05, 4.69) is 23.3 Å². The molecule has 1 aliphatic carbocycles. The fraction of sp³-hybridized carbons (Fsp3) is 0.500. The Morgan fingerprint density at radius 3 is 2.86 bits per heavy atom. The van der Waals surface area contributed by atoms with E-state index in [9.17, 15) is 14.4 Å². The lowest BCUT2D eigenvalue weighted by Gasteiger charge is -2.25. The Bertz CT molecular complexity index is 600. The highest BCUT2D eigenvalue weighted by molar-refractivity contribution is 7.80. The Hall–Kier alpha value is -1.54. The summed E-state index contributed by atoms with van der Waals surface area (Å²) in [5.74, 6) is -0.0421. The first kappa shape index (κ1) is 15.4. The van der Waals surface area contributed by atoms with Crippen LogP contribution in [0.2, 0.25) is 0 Å². The molecule has 1 atom stereocenters. The van der Waals surface area contributed by atoms with Crippen molar-refractivity contribution in [2.75, 3.05) is 18.8 Å². The van der Waals surface area contributed by atoms with E-state index >= 15 is 0 Å². The number of imide groups is 1. The monoisotopic (exact) mass is 339 g/mol. The van der Waals surface area contributed by atoms with Gasteiger partial charge in [0.2, 0.25) is 5.91 Å². The molecule has 1 saturated heterocycles. The van der Waals surface area contributed by atoms with Crippen LogP contribution < -0.4 is 10.6 Å². The Kier molecular flexibility index (Phi) is 4.14. The smallest absolute Gasteiger partial charge is 0.325 e. The van der Waals surface area contributed by atoms with Gasteiger partial charge in [-0.3, -0.25) is 14.5 Å². The van der Waals surface area contributed by atoms with Crippen molar-refractivity contribution in [3.63, 3.8) is 0 Å². The van der Waals surface area contributed by atoms with Crippen LogP contribution in [0.1, 0.15) is 17.7 Å².